The third-order valence-electron chi connectivity index (χ3n) is 7.40. The monoisotopic (exact) mass is 643 g/mol. The van der Waals surface area contributed by atoms with Crippen molar-refractivity contribution < 1.29 is 0 Å². The Morgan fingerprint density at radius 1 is 0.673 bits per heavy atom. The summed E-state index contributed by atoms with van der Waals surface area (Å²) in [5.41, 5.74) is 12.6. The Kier molecular flexibility index (Phi) is 16.9. The van der Waals surface area contributed by atoms with Gasteiger partial charge in [0, 0.05) is 29.1 Å². The highest BCUT2D eigenvalue weighted by Gasteiger charge is 2.13. The van der Waals surface area contributed by atoms with Gasteiger partial charge < -0.3 is 0 Å². The second-order valence-electron chi connectivity index (χ2n) is 10.6. The molecule has 0 atom stereocenters. The van der Waals surface area contributed by atoms with E-state index in [0.29, 0.717) is 5.82 Å². The number of pyridine rings is 1. The van der Waals surface area contributed by atoms with E-state index in [1.807, 2.05) is 65.1 Å². The lowest BCUT2D eigenvalue weighted by Crippen LogP contribution is -1.97. The van der Waals surface area contributed by atoms with Crippen molar-refractivity contribution in [2.75, 3.05) is 0 Å². The Labute approximate surface area is 295 Å². The maximum absolute atomic E-state index is 4.93. The second kappa shape index (κ2) is 21.1. The molecule has 0 amide bonds. The summed E-state index contributed by atoms with van der Waals surface area (Å²) in [6, 6.07) is 19.4. The van der Waals surface area contributed by atoms with Crippen LogP contribution in [0.3, 0.4) is 0 Å². The summed E-state index contributed by atoms with van der Waals surface area (Å²) in [4.78, 5) is 14.2. The molecule has 4 rings (SSSR count). The lowest BCUT2D eigenvalue weighted by molar-refractivity contribution is 1.06. The lowest BCUT2D eigenvalue weighted by Gasteiger charge is -2.14. The Hall–Kier alpha value is -5.85. The van der Waals surface area contributed by atoms with E-state index in [-0.39, 0.29) is 0 Å². The molecule has 248 valence electrons. The van der Waals surface area contributed by atoms with E-state index in [1.165, 1.54) is 5.57 Å². The van der Waals surface area contributed by atoms with E-state index >= 15 is 0 Å². The first-order valence-electron chi connectivity index (χ1n) is 16.5. The van der Waals surface area contributed by atoms with Gasteiger partial charge in [-0.25, -0.2) is 9.97 Å². The predicted octanol–water partition coefficient (Wildman–Crippen LogP) is 12.7. The van der Waals surface area contributed by atoms with E-state index in [0.717, 1.165) is 61.5 Å². The van der Waals surface area contributed by atoms with Gasteiger partial charge in [0.05, 0.1) is 11.4 Å². The zero-order valence-electron chi connectivity index (χ0n) is 30.1. The van der Waals surface area contributed by atoms with Gasteiger partial charge in [-0.2, -0.15) is 0 Å². The molecule has 0 spiro atoms. The topological polar surface area (TPSA) is 38.7 Å². The zero-order chi connectivity index (χ0) is 36.2. The molecule has 2 heterocycles. The van der Waals surface area contributed by atoms with Gasteiger partial charge in [0.1, 0.15) is 5.82 Å². The molecule has 0 unspecified atom stereocenters. The Morgan fingerprint density at radius 3 is 1.71 bits per heavy atom. The largest absolute Gasteiger partial charge is 0.264 e. The number of benzene rings is 2. The molecule has 0 fully saturated rings. The molecule has 0 bridgehead atoms. The quantitative estimate of drug-likeness (QED) is 0.121. The van der Waals surface area contributed by atoms with Crippen LogP contribution in [0.5, 0.6) is 0 Å². The third-order valence-corrected chi connectivity index (χ3v) is 7.40. The van der Waals surface area contributed by atoms with E-state index in [2.05, 4.69) is 130 Å². The molecular weight excluding hydrogens is 595 g/mol. The Bertz CT molecular complexity index is 1910. The maximum Gasteiger partial charge on any atom is 0.126 e. The summed E-state index contributed by atoms with van der Waals surface area (Å²) in [5, 5.41) is 0. The molecule has 0 aliphatic heterocycles. The number of aromatic nitrogens is 3. The van der Waals surface area contributed by atoms with Crippen molar-refractivity contribution in [1.82, 2.24) is 15.0 Å². The van der Waals surface area contributed by atoms with Gasteiger partial charge >= 0.3 is 0 Å². The Morgan fingerprint density at radius 2 is 1.20 bits per heavy atom. The molecule has 0 aliphatic rings. The fourth-order valence-corrected chi connectivity index (χ4v) is 5.07. The molecule has 0 saturated heterocycles. The standard InChI is InChI=1S/C42H41N3.C2H6.C2H2/c1-8-13-17-30(6)35-22-36(32(11-4)18-14-9-2)25-39(23-35)41-28-42(45-31(7)44-41)40-26-37(33(12-5)19-15-10-3)24-38(27-40)34-20-16-21-43-29-34;2*1-2/h8-29H,2-3H2,1,4-7H3;1-2H3;1-2H/b13-8-,18-14-,19-15-,30-17+,32-11+,33-12+;;. The van der Waals surface area contributed by atoms with Crippen molar-refractivity contribution in [3.8, 4) is 46.5 Å². The molecular formula is C46H49N3. The molecule has 0 radical (unpaired) electrons. The van der Waals surface area contributed by atoms with Crippen molar-refractivity contribution in [3.63, 3.8) is 0 Å². The summed E-state index contributed by atoms with van der Waals surface area (Å²) in [6.07, 6.45) is 33.8. The van der Waals surface area contributed by atoms with Crippen molar-refractivity contribution in [3.05, 3.63) is 169 Å². The first-order valence-corrected chi connectivity index (χ1v) is 16.5. The number of hydrogen-bond donors (Lipinski definition) is 0. The van der Waals surface area contributed by atoms with Crippen LogP contribution < -0.4 is 0 Å². The van der Waals surface area contributed by atoms with Crippen LogP contribution in [0, 0.1) is 19.8 Å². The molecule has 49 heavy (non-hydrogen) atoms. The van der Waals surface area contributed by atoms with Crippen LogP contribution in [0.15, 0.2) is 147 Å². The van der Waals surface area contributed by atoms with Crippen molar-refractivity contribution >= 4 is 16.7 Å². The van der Waals surface area contributed by atoms with Crippen LogP contribution in [-0.2, 0) is 0 Å². The summed E-state index contributed by atoms with van der Waals surface area (Å²) < 4.78 is 0. The average molecular weight is 644 g/mol. The lowest BCUT2D eigenvalue weighted by atomic mass is 9.93. The molecule has 0 saturated carbocycles. The minimum absolute atomic E-state index is 0.708. The van der Waals surface area contributed by atoms with Gasteiger partial charge in [-0.05, 0) is 122 Å². The number of terminal acetylenes is 1. The minimum atomic E-state index is 0.708. The van der Waals surface area contributed by atoms with Gasteiger partial charge in [-0.15, -0.1) is 12.8 Å². The van der Waals surface area contributed by atoms with Crippen LogP contribution in [0.1, 0.15) is 64.1 Å². The molecule has 4 aromatic rings. The fourth-order valence-electron chi connectivity index (χ4n) is 5.07. The number of nitrogens with zero attached hydrogens (tertiary/aromatic N) is 3. The van der Waals surface area contributed by atoms with E-state index < -0.39 is 0 Å². The predicted molar refractivity (Wildman–Crippen MR) is 217 cm³/mol. The number of allylic oxidation sites excluding steroid dienone is 14. The molecule has 3 heteroatoms. The van der Waals surface area contributed by atoms with Crippen LogP contribution in [0.2, 0.25) is 0 Å². The summed E-state index contributed by atoms with van der Waals surface area (Å²) >= 11 is 0. The normalized spacial score (nSPS) is 12.0. The SMILES string of the molecule is C#C.C=C/C=C\C(=C/C)c1cc(/C(C)=C/C=C\C)cc(-c2cc(-c3cc(C(/C=C\C=C)=C/C)cc(-c4cccnc4)c3)nc(C)n2)c1.CC. The fraction of sp³-hybridized carbons (Fsp3) is 0.152. The third kappa shape index (κ3) is 11.1. The molecule has 0 N–H and O–H groups in total. The van der Waals surface area contributed by atoms with Crippen LogP contribution in [-0.4, -0.2) is 15.0 Å². The Balaban J connectivity index is 0.00000201. The van der Waals surface area contributed by atoms with Crippen molar-refractivity contribution in [2.24, 2.45) is 0 Å². The van der Waals surface area contributed by atoms with Gasteiger partial charge in [-0.1, -0.05) is 99.9 Å². The van der Waals surface area contributed by atoms with E-state index in [1.54, 1.807) is 18.3 Å². The summed E-state index contributed by atoms with van der Waals surface area (Å²) in [7, 11) is 0. The van der Waals surface area contributed by atoms with Crippen LogP contribution in [0.25, 0.3) is 50.4 Å². The average Bonchev–Trinajstić information content (AvgIpc) is 3.16. The first kappa shape index (κ1) is 39.3. The molecule has 2 aromatic heterocycles. The number of rotatable bonds is 11. The van der Waals surface area contributed by atoms with E-state index in [9.17, 15) is 0 Å². The smallest absolute Gasteiger partial charge is 0.126 e. The minimum Gasteiger partial charge on any atom is -0.264 e. The maximum atomic E-state index is 4.93. The zero-order valence-corrected chi connectivity index (χ0v) is 30.1. The van der Waals surface area contributed by atoms with Crippen molar-refractivity contribution in [1.29, 1.82) is 0 Å². The second-order valence-corrected chi connectivity index (χ2v) is 10.6. The summed E-state index contributed by atoms with van der Waals surface area (Å²) in [5.74, 6) is 0.708. The molecule has 0 aliphatic carbocycles. The van der Waals surface area contributed by atoms with Gasteiger partial charge in [-0.3, -0.25) is 4.98 Å². The molecule has 2 aromatic carbocycles. The highest BCUT2D eigenvalue weighted by molar-refractivity contribution is 5.85. The van der Waals surface area contributed by atoms with Crippen LogP contribution >= 0.6 is 0 Å². The molecule has 3 nitrogen and oxygen atoms in total. The van der Waals surface area contributed by atoms with Gasteiger partial charge in [0.15, 0.2) is 0 Å². The first-order chi connectivity index (χ1) is 23.9. The highest BCUT2D eigenvalue weighted by Crippen LogP contribution is 2.34. The number of hydrogen-bond acceptors (Lipinski definition) is 3. The highest BCUT2D eigenvalue weighted by atomic mass is 14.9. The number of aryl methyl sites for hydroxylation is 1. The van der Waals surface area contributed by atoms with E-state index in [4.69, 9.17) is 9.97 Å². The van der Waals surface area contributed by atoms with Gasteiger partial charge in [0.25, 0.3) is 0 Å². The van der Waals surface area contributed by atoms with Crippen LogP contribution in [0.4, 0.5) is 0 Å². The van der Waals surface area contributed by atoms with Gasteiger partial charge in [0.2, 0.25) is 0 Å². The summed E-state index contributed by atoms with van der Waals surface area (Å²) in [6.45, 7) is 21.9. The van der Waals surface area contributed by atoms with Crippen molar-refractivity contribution in [2.45, 2.75) is 48.5 Å².